The molecule has 134 valence electrons. The third-order valence-electron chi connectivity index (χ3n) is 6.04. The van der Waals surface area contributed by atoms with Crippen molar-refractivity contribution in [3.05, 3.63) is 0 Å². The Hall–Kier alpha value is -0.0400. The molecule has 3 rings (SSSR count). The van der Waals surface area contributed by atoms with Gasteiger partial charge >= 0.3 is 0 Å². The van der Waals surface area contributed by atoms with Crippen LogP contribution < -0.4 is 5.32 Å². The van der Waals surface area contributed by atoms with Gasteiger partial charge in [0.2, 0.25) is 0 Å². The largest absolute Gasteiger partial charge is 0.356 e. The molecule has 0 bridgehead atoms. The standard InChI is InChI=1S/C18H34N4.HI/c1-16-6-3-11-21(14-16)12-5-10-20-17(19-2)22-13-9-18(15-22)7-4-8-18;/h16H,3-15H2,1-2H3,(H,19,20);1H. The van der Waals surface area contributed by atoms with E-state index in [0.717, 1.165) is 18.4 Å². The first kappa shape index (κ1) is 19.3. The molecule has 3 aliphatic rings. The zero-order valence-corrected chi connectivity index (χ0v) is 17.3. The molecule has 0 radical (unpaired) electrons. The molecule has 0 aromatic rings. The summed E-state index contributed by atoms with van der Waals surface area (Å²) in [5, 5.41) is 3.60. The van der Waals surface area contributed by atoms with Crippen LogP contribution in [0.4, 0.5) is 0 Å². The number of guanidine groups is 1. The van der Waals surface area contributed by atoms with Crippen LogP contribution in [0.2, 0.25) is 0 Å². The van der Waals surface area contributed by atoms with Crippen LogP contribution in [0.1, 0.15) is 51.9 Å². The van der Waals surface area contributed by atoms with Crippen LogP contribution in [0.5, 0.6) is 0 Å². The van der Waals surface area contributed by atoms with Crippen LogP contribution in [0, 0.1) is 11.3 Å². The van der Waals surface area contributed by atoms with Gasteiger partial charge in [-0.25, -0.2) is 0 Å². The zero-order chi connectivity index (χ0) is 15.4. The lowest BCUT2D eigenvalue weighted by atomic mass is 9.68. The monoisotopic (exact) mass is 434 g/mol. The summed E-state index contributed by atoms with van der Waals surface area (Å²) in [6, 6.07) is 0. The fourth-order valence-electron chi connectivity index (χ4n) is 4.53. The molecule has 2 heterocycles. The Morgan fingerprint density at radius 3 is 2.65 bits per heavy atom. The molecular weight excluding hydrogens is 399 g/mol. The number of hydrogen-bond donors (Lipinski definition) is 1. The van der Waals surface area contributed by atoms with E-state index in [4.69, 9.17) is 0 Å². The molecule has 3 fully saturated rings. The van der Waals surface area contributed by atoms with E-state index in [1.807, 2.05) is 7.05 Å². The topological polar surface area (TPSA) is 30.9 Å². The second-order valence-electron chi connectivity index (χ2n) is 7.90. The summed E-state index contributed by atoms with van der Waals surface area (Å²) in [6.45, 7) is 9.70. The maximum absolute atomic E-state index is 4.51. The van der Waals surface area contributed by atoms with Crippen molar-refractivity contribution in [3.8, 4) is 0 Å². The molecule has 1 atom stereocenters. The predicted molar refractivity (Wildman–Crippen MR) is 109 cm³/mol. The van der Waals surface area contributed by atoms with E-state index in [-0.39, 0.29) is 24.0 Å². The van der Waals surface area contributed by atoms with Crippen molar-refractivity contribution >= 4 is 29.9 Å². The van der Waals surface area contributed by atoms with Gasteiger partial charge in [0.05, 0.1) is 0 Å². The van der Waals surface area contributed by atoms with E-state index in [1.54, 1.807) is 0 Å². The molecule has 1 saturated carbocycles. The molecule has 4 nitrogen and oxygen atoms in total. The highest BCUT2D eigenvalue weighted by molar-refractivity contribution is 14.0. The number of likely N-dealkylation sites (tertiary alicyclic amines) is 2. The summed E-state index contributed by atoms with van der Waals surface area (Å²) in [4.78, 5) is 9.63. The number of nitrogens with one attached hydrogen (secondary N) is 1. The van der Waals surface area contributed by atoms with Crippen LogP contribution in [0.15, 0.2) is 4.99 Å². The first-order valence-corrected chi connectivity index (χ1v) is 9.39. The summed E-state index contributed by atoms with van der Waals surface area (Å²) in [6.07, 6.45) is 9.71. The molecule has 0 amide bonds. The van der Waals surface area contributed by atoms with Crippen LogP contribution in [-0.4, -0.2) is 62.1 Å². The van der Waals surface area contributed by atoms with Crippen molar-refractivity contribution in [2.24, 2.45) is 16.3 Å². The normalized spacial score (nSPS) is 27.7. The van der Waals surface area contributed by atoms with Gasteiger partial charge in [-0.15, -0.1) is 24.0 Å². The van der Waals surface area contributed by atoms with Crippen molar-refractivity contribution in [2.75, 3.05) is 46.3 Å². The lowest BCUT2D eigenvalue weighted by molar-refractivity contribution is 0.151. The van der Waals surface area contributed by atoms with E-state index in [2.05, 4.69) is 27.0 Å². The van der Waals surface area contributed by atoms with Gasteiger partial charge in [0, 0.05) is 33.2 Å². The van der Waals surface area contributed by atoms with E-state index in [9.17, 15) is 0 Å². The highest BCUT2D eigenvalue weighted by atomic mass is 127. The van der Waals surface area contributed by atoms with Gasteiger partial charge < -0.3 is 15.1 Å². The Balaban J connectivity index is 0.00000192. The summed E-state index contributed by atoms with van der Waals surface area (Å²) in [5.41, 5.74) is 0.654. The molecule has 0 aromatic heterocycles. The van der Waals surface area contributed by atoms with Crippen molar-refractivity contribution in [1.29, 1.82) is 0 Å². The third-order valence-corrected chi connectivity index (χ3v) is 6.04. The predicted octanol–water partition coefficient (Wildman–Crippen LogP) is 3.18. The fourth-order valence-corrected chi connectivity index (χ4v) is 4.53. The molecule has 2 aliphatic heterocycles. The van der Waals surface area contributed by atoms with Crippen molar-refractivity contribution in [3.63, 3.8) is 0 Å². The molecule has 1 unspecified atom stereocenters. The van der Waals surface area contributed by atoms with Gasteiger partial charge in [0.1, 0.15) is 0 Å². The number of nitrogens with zero attached hydrogens (tertiary/aromatic N) is 3. The zero-order valence-electron chi connectivity index (χ0n) is 15.0. The van der Waals surface area contributed by atoms with Crippen molar-refractivity contribution in [2.45, 2.75) is 51.9 Å². The van der Waals surface area contributed by atoms with Crippen LogP contribution in [0.3, 0.4) is 0 Å². The minimum atomic E-state index is 0. The van der Waals surface area contributed by atoms with Gasteiger partial charge in [-0.3, -0.25) is 4.99 Å². The summed E-state index contributed by atoms with van der Waals surface area (Å²) < 4.78 is 0. The Labute approximate surface area is 159 Å². The minimum Gasteiger partial charge on any atom is -0.356 e. The minimum absolute atomic E-state index is 0. The van der Waals surface area contributed by atoms with Gasteiger partial charge in [0.25, 0.3) is 0 Å². The summed E-state index contributed by atoms with van der Waals surface area (Å²) in [5.74, 6) is 2.02. The molecule has 1 aliphatic carbocycles. The Bertz CT molecular complexity index is 394. The van der Waals surface area contributed by atoms with Gasteiger partial charge in [-0.05, 0) is 62.9 Å². The maximum Gasteiger partial charge on any atom is 0.193 e. The van der Waals surface area contributed by atoms with Crippen molar-refractivity contribution in [1.82, 2.24) is 15.1 Å². The Morgan fingerprint density at radius 1 is 1.22 bits per heavy atom. The summed E-state index contributed by atoms with van der Waals surface area (Å²) >= 11 is 0. The average Bonchev–Trinajstić information content (AvgIpc) is 2.93. The van der Waals surface area contributed by atoms with Crippen LogP contribution >= 0.6 is 24.0 Å². The van der Waals surface area contributed by atoms with Gasteiger partial charge in [-0.2, -0.15) is 0 Å². The smallest absolute Gasteiger partial charge is 0.193 e. The highest BCUT2D eigenvalue weighted by Gasteiger charge is 2.43. The number of aliphatic imine (C=N–C) groups is 1. The molecule has 0 aromatic carbocycles. The van der Waals surface area contributed by atoms with E-state index in [0.29, 0.717) is 5.41 Å². The first-order chi connectivity index (χ1) is 10.7. The van der Waals surface area contributed by atoms with E-state index < -0.39 is 0 Å². The van der Waals surface area contributed by atoms with Gasteiger partial charge in [-0.1, -0.05) is 13.3 Å². The third kappa shape index (κ3) is 4.97. The Kier molecular flexibility index (Phi) is 7.45. The maximum atomic E-state index is 4.51. The molecular formula is C18H35IN4. The molecule has 2 saturated heterocycles. The van der Waals surface area contributed by atoms with Crippen LogP contribution in [-0.2, 0) is 0 Å². The average molecular weight is 434 g/mol. The number of halogens is 1. The summed E-state index contributed by atoms with van der Waals surface area (Å²) in [7, 11) is 1.93. The second-order valence-corrected chi connectivity index (χ2v) is 7.90. The molecule has 1 spiro atoms. The van der Waals surface area contributed by atoms with E-state index in [1.165, 1.54) is 77.7 Å². The van der Waals surface area contributed by atoms with Crippen LogP contribution in [0.25, 0.3) is 0 Å². The quantitative estimate of drug-likeness (QED) is 0.319. The number of hydrogen-bond acceptors (Lipinski definition) is 2. The number of rotatable bonds is 4. The van der Waals surface area contributed by atoms with Gasteiger partial charge in [0.15, 0.2) is 5.96 Å². The first-order valence-electron chi connectivity index (χ1n) is 9.39. The lowest BCUT2D eigenvalue weighted by Gasteiger charge is -2.38. The molecule has 23 heavy (non-hydrogen) atoms. The molecule has 5 heteroatoms. The van der Waals surface area contributed by atoms with Crippen molar-refractivity contribution < 1.29 is 0 Å². The fraction of sp³-hybridized carbons (Fsp3) is 0.944. The lowest BCUT2D eigenvalue weighted by Crippen LogP contribution is -2.43. The highest BCUT2D eigenvalue weighted by Crippen LogP contribution is 2.47. The number of piperidine rings is 1. The SMILES string of the molecule is CN=C(NCCCN1CCCC(C)C1)N1CCC2(CCC2)C1.I. The van der Waals surface area contributed by atoms with E-state index >= 15 is 0 Å². The molecule has 1 N–H and O–H groups in total. The Morgan fingerprint density at radius 2 is 2.04 bits per heavy atom. The second kappa shape index (κ2) is 8.88.